The Morgan fingerprint density at radius 2 is 2.18 bits per heavy atom. The van der Waals surface area contributed by atoms with Crippen LogP contribution >= 0.6 is 0 Å². The van der Waals surface area contributed by atoms with Gasteiger partial charge >= 0.3 is 5.97 Å². The molecule has 0 aliphatic heterocycles. The highest BCUT2D eigenvalue weighted by Gasteiger charge is 2.48. The van der Waals surface area contributed by atoms with Gasteiger partial charge in [-0.1, -0.05) is 0 Å². The van der Waals surface area contributed by atoms with Gasteiger partial charge in [0.25, 0.3) is 5.91 Å². The third-order valence-electron chi connectivity index (χ3n) is 4.03. The Balaban J connectivity index is 1.78. The average molecular weight is 303 g/mol. The van der Waals surface area contributed by atoms with Gasteiger partial charge in [0.05, 0.1) is 0 Å². The summed E-state index contributed by atoms with van der Waals surface area (Å²) in [5.41, 5.74) is -0.545. The van der Waals surface area contributed by atoms with Crippen molar-refractivity contribution in [2.45, 2.75) is 32.2 Å². The first-order valence-corrected chi connectivity index (χ1v) is 7.08. The molecular weight excluding hydrogens is 286 g/mol. The summed E-state index contributed by atoms with van der Waals surface area (Å²) in [5.74, 6) is -0.238. The van der Waals surface area contributed by atoms with E-state index in [2.05, 4.69) is 15.5 Å². The molecule has 1 fully saturated rings. The maximum absolute atomic E-state index is 12.3. The predicted molar refractivity (Wildman–Crippen MR) is 77.3 cm³/mol. The van der Waals surface area contributed by atoms with Crippen molar-refractivity contribution in [2.75, 3.05) is 0 Å². The number of H-pyrrole nitrogens is 1. The Labute approximate surface area is 126 Å². The fourth-order valence-electron chi connectivity index (χ4n) is 2.43. The standard InChI is InChI=1S/C15H17N3O4/c1-8-3-6-12(22-8)10-7-11(18-17-10)13(19)16-15(2,14(20)21)9-4-5-9/h3,6-7,9H,4-5H2,1-2H3,(H,16,19)(H,17,18)(H,20,21). The third-order valence-corrected chi connectivity index (χ3v) is 4.03. The second-order valence-corrected chi connectivity index (χ2v) is 5.81. The second-order valence-electron chi connectivity index (χ2n) is 5.81. The van der Waals surface area contributed by atoms with E-state index in [0.717, 1.165) is 18.6 Å². The number of hydrogen-bond donors (Lipinski definition) is 3. The first kappa shape index (κ1) is 14.4. The highest BCUT2D eigenvalue weighted by atomic mass is 16.4. The Morgan fingerprint density at radius 1 is 1.45 bits per heavy atom. The molecule has 0 spiro atoms. The topological polar surface area (TPSA) is 108 Å². The lowest BCUT2D eigenvalue weighted by Gasteiger charge is -2.25. The fraction of sp³-hybridized carbons (Fsp3) is 0.400. The van der Waals surface area contributed by atoms with Crippen LogP contribution in [0.1, 0.15) is 36.0 Å². The summed E-state index contributed by atoms with van der Waals surface area (Å²) in [5, 5.41) is 18.6. The zero-order valence-electron chi connectivity index (χ0n) is 12.3. The zero-order chi connectivity index (χ0) is 15.9. The van der Waals surface area contributed by atoms with Gasteiger partial charge in [-0.3, -0.25) is 9.89 Å². The molecule has 22 heavy (non-hydrogen) atoms. The van der Waals surface area contributed by atoms with Crippen molar-refractivity contribution in [3.8, 4) is 11.5 Å². The number of furan rings is 1. The van der Waals surface area contributed by atoms with Crippen molar-refractivity contribution in [1.82, 2.24) is 15.5 Å². The normalized spacial score (nSPS) is 17.0. The van der Waals surface area contributed by atoms with Gasteiger partial charge in [0.2, 0.25) is 0 Å². The summed E-state index contributed by atoms with van der Waals surface area (Å²) < 4.78 is 5.45. The minimum atomic E-state index is -1.25. The van der Waals surface area contributed by atoms with E-state index in [4.69, 9.17) is 4.42 Å². The number of nitrogens with zero attached hydrogens (tertiary/aromatic N) is 1. The van der Waals surface area contributed by atoms with Gasteiger partial charge in [0, 0.05) is 6.07 Å². The summed E-state index contributed by atoms with van der Waals surface area (Å²) in [4.78, 5) is 23.7. The van der Waals surface area contributed by atoms with E-state index in [1.807, 2.05) is 13.0 Å². The van der Waals surface area contributed by atoms with Crippen LogP contribution in [0.15, 0.2) is 22.6 Å². The lowest BCUT2D eigenvalue weighted by Crippen LogP contribution is -2.54. The molecule has 7 nitrogen and oxygen atoms in total. The van der Waals surface area contributed by atoms with Crippen LogP contribution in [0.2, 0.25) is 0 Å². The second kappa shape index (κ2) is 5.01. The molecule has 2 heterocycles. The van der Waals surface area contributed by atoms with E-state index in [0.29, 0.717) is 11.5 Å². The van der Waals surface area contributed by atoms with Crippen molar-refractivity contribution >= 4 is 11.9 Å². The summed E-state index contributed by atoms with van der Waals surface area (Å²) in [6.07, 6.45) is 1.61. The largest absolute Gasteiger partial charge is 0.480 e. The van der Waals surface area contributed by atoms with Crippen LogP contribution in [0.4, 0.5) is 0 Å². The first-order valence-electron chi connectivity index (χ1n) is 7.08. The molecule has 7 heteroatoms. The molecule has 0 radical (unpaired) electrons. The number of nitrogens with one attached hydrogen (secondary N) is 2. The van der Waals surface area contributed by atoms with Gasteiger partial charge in [-0.05, 0) is 44.7 Å². The number of carboxylic acid groups (broad SMARTS) is 1. The quantitative estimate of drug-likeness (QED) is 0.782. The first-order chi connectivity index (χ1) is 10.4. The molecular formula is C15H17N3O4. The van der Waals surface area contributed by atoms with E-state index in [1.165, 1.54) is 6.92 Å². The number of aryl methyl sites for hydroxylation is 1. The average Bonchev–Trinajstić information content (AvgIpc) is 3.05. The van der Waals surface area contributed by atoms with Crippen LogP contribution in [0.3, 0.4) is 0 Å². The SMILES string of the molecule is Cc1ccc(-c2cc(C(=O)NC(C)(C(=O)O)C3CC3)n[nH]2)o1. The molecule has 1 aliphatic carbocycles. The van der Waals surface area contributed by atoms with E-state index in [9.17, 15) is 14.7 Å². The van der Waals surface area contributed by atoms with Crippen LogP contribution < -0.4 is 5.32 Å². The molecule has 1 amide bonds. The molecule has 0 saturated heterocycles. The number of aromatic nitrogens is 2. The Kier molecular flexibility index (Phi) is 3.27. The Hall–Kier alpha value is -2.57. The highest BCUT2D eigenvalue weighted by Crippen LogP contribution is 2.39. The molecule has 2 aromatic heterocycles. The fourth-order valence-corrected chi connectivity index (χ4v) is 2.43. The Morgan fingerprint density at radius 3 is 2.73 bits per heavy atom. The number of carbonyl (C=O) groups is 2. The molecule has 0 bridgehead atoms. The van der Waals surface area contributed by atoms with Crippen molar-refractivity contribution < 1.29 is 19.1 Å². The minimum Gasteiger partial charge on any atom is -0.480 e. The molecule has 3 rings (SSSR count). The lowest BCUT2D eigenvalue weighted by molar-refractivity contribution is -0.144. The monoisotopic (exact) mass is 303 g/mol. The molecule has 3 N–H and O–H groups in total. The molecule has 2 aromatic rings. The zero-order valence-corrected chi connectivity index (χ0v) is 12.3. The predicted octanol–water partition coefficient (Wildman–Crippen LogP) is 1.96. The third kappa shape index (κ3) is 2.49. The maximum Gasteiger partial charge on any atom is 0.329 e. The summed E-state index contributed by atoms with van der Waals surface area (Å²) in [7, 11) is 0. The van der Waals surface area contributed by atoms with Crippen molar-refractivity contribution in [3.05, 3.63) is 29.7 Å². The van der Waals surface area contributed by atoms with E-state index < -0.39 is 17.4 Å². The molecule has 0 aromatic carbocycles. The molecule has 1 saturated carbocycles. The molecule has 1 atom stereocenters. The number of carbonyl (C=O) groups excluding carboxylic acids is 1. The number of rotatable bonds is 5. The van der Waals surface area contributed by atoms with E-state index >= 15 is 0 Å². The van der Waals surface area contributed by atoms with Crippen molar-refractivity contribution in [1.29, 1.82) is 0 Å². The minimum absolute atomic E-state index is 0.0277. The highest BCUT2D eigenvalue weighted by molar-refractivity contribution is 5.97. The van der Waals surface area contributed by atoms with Gasteiger partial charge in [-0.2, -0.15) is 5.10 Å². The van der Waals surface area contributed by atoms with Crippen molar-refractivity contribution in [3.63, 3.8) is 0 Å². The van der Waals surface area contributed by atoms with Crippen LogP contribution in [-0.4, -0.2) is 32.7 Å². The number of carboxylic acids is 1. The Bertz CT molecular complexity index is 729. The maximum atomic E-state index is 12.3. The van der Waals surface area contributed by atoms with Crippen molar-refractivity contribution in [2.24, 2.45) is 5.92 Å². The van der Waals surface area contributed by atoms with Crippen LogP contribution in [0.5, 0.6) is 0 Å². The van der Waals surface area contributed by atoms with Gasteiger partial charge in [-0.25, -0.2) is 4.79 Å². The number of amides is 1. The summed E-state index contributed by atoms with van der Waals surface area (Å²) >= 11 is 0. The lowest BCUT2D eigenvalue weighted by atomic mass is 9.96. The van der Waals surface area contributed by atoms with Gasteiger partial charge in [0.15, 0.2) is 11.5 Å². The van der Waals surface area contributed by atoms with Crippen LogP contribution in [-0.2, 0) is 4.79 Å². The molecule has 1 aliphatic rings. The van der Waals surface area contributed by atoms with E-state index in [-0.39, 0.29) is 11.6 Å². The van der Waals surface area contributed by atoms with Gasteiger partial charge < -0.3 is 14.8 Å². The van der Waals surface area contributed by atoms with Gasteiger partial charge in [0.1, 0.15) is 17.0 Å². The van der Waals surface area contributed by atoms with Crippen LogP contribution in [0, 0.1) is 12.8 Å². The number of aliphatic carboxylic acids is 1. The number of hydrogen-bond acceptors (Lipinski definition) is 4. The summed E-state index contributed by atoms with van der Waals surface area (Å²) in [6.45, 7) is 3.36. The number of aromatic amines is 1. The molecule has 1 unspecified atom stereocenters. The molecule has 116 valence electrons. The summed E-state index contributed by atoms with van der Waals surface area (Å²) in [6, 6.07) is 5.13. The van der Waals surface area contributed by atoms with Crippen LogP contribution in [0.25, 0.3) is 11.5 Å². The smallest absolute Gasteiger partial charge is 0.329 e. The van der Waals surface area contributed by atoms with Gasteiger partial charge in [-0.15, -0.1) is 0 Å². The van der Waals surface area contributed by atoms with E-state index in [1.54, 1.807) is 12.1 Å².